The fourth-order valence-electron chi connectivity index (χ4n) is 1.35. The lowest BCUT2D eigenvalue weighted by atomic mass is 10.2. The van der Waals surface area contributed by atoms with Crippen LogP contribution >= 0.6 is 0 Å². The van der Waals surface area contributed by atoms with Gasteiger partial charge in [-0.2, -0.15) is 5.26 Å². The Labute approximate surface area is 105 Å². The zero-order valence-electron chi connectivity index (χ0n) is 9.72. The molecule has 0 spiro atoms. The predicted molar refractivity (Wildman–Crippen MR) is 66.8 cm³/mol. The maximum Gasteiger partial charge on any atom is 0.312 e. The molecule has 0 atom stereocenters. The standard InChI is InChI=1S/C12H12N4O2/c1-2-3-4-5-6-14-12-11(16(17)18)7-10(8-13)9-15-12/h1,7,9H,3-6H2,(H,14,15). The minimum absolute atomic E-state index is 0.166. The molecule has 0 aromatic carbocycles. The largest absolute Gasteiger partial charge is 0.364 e. The monoisotopic (exact) mass is 244 g/mol. The lowest BCUT2D eigenvalue weighted by Crippen LogP contribution is -2.06. The van der Waals surface area contributed by atoms with E-state index in [9.17, 15) is 10.1 Å². The summed E-state index contributed by atoms with van der Waals surface area (Å²) >= 11 is 0. The van der Waals surface area contributed by atoms with Gasteiger partial charge in [-0.3, -0.25) is 10.1 Å². The van der Waals surface area contributed by atoms with E-state index in [-0.39, 0.29) is 17.1 Å². The molecular formula is C12H12N4O2. The van der Waals surface area contributed by atoms with Crippen molar-refractivity contribution in [3.05, 3.63) is 27.9 Å². The van der Waals surface area contributed by atoms with Gasteiger partial charge in [0, 0.05) is 25.2 Å². The Hall–Kier alpha value is -2.60. The highest BCUT2D eigenvalue weighted by Gasteiger charge is 2.15. The molecule has 0 amide bonds. The van der Waals surface area contributed by atoms with Crippen molar-refractivity contribution in [1.82, 2.24) is 4.98 Å². The van der Waals surface area contributed by atoms with E-state index in [1.807, 2.05) is 6.07 Å². The summed E-state index contributed by atoms with van der Waals surface area (Å²) in [6.45, 7) is 0.557. The van der Waals surface area contributed by atoms with Crippen molar-refractivity contribution < 1.29 is 4.92 Å². The molecule has 0 unspecified atom stereocenters. The summed E-state index contributed by atoms with van der Waals surface area (Å²) in [5.41, 5.74) is -0.0226. The van der Waals surface area contributed by atoms with Crippen molar-refractivity contribution in [2.75, 3.05) is 11.9 Å². The average molecular weight is 244 g/mol. The molecule has 1 rings (SSSR count). The molecule has 92 valence electrons. The van der Waals surface area contributed by atoms with Gasteiger partial charge >= 0.3 is 5.69 Å². The third kappa shape index (κ3) is 3.76. The van der Waals surface area contributed by atoms with Crippen LogP contribution < -0.4 is 5.32 Å². The highest BCUT2D eigenvalue weighted by Crippen LogP contribution is 2.22. The number of rotatable bonds is 6. The first kappa shape index (κ1) is 13.5. The van der Waals surface area contributed by atoms with E-state index in [2.05, 4.69) is 16.2 Å². The number of hydrogen-bond acceptors (Lipinski definition) is 5. The Morgan fingerprint density at radius 3 is 2.94 bits per heavy atom. The highest BCUT2D eigenvalue weighted by molar-refractivity contribution is 5.58. The lowest BCUT2D eigenvalue weighted by molar-refractivity contribution is -0.384. The van der Waals surface area contributed by atoms with Crippen LogP contribution in [0.5, 0.6) is 0 Å². The van der Waals surface area contributed by atoms with E-state index in [1.54, 1.807) is 0 Å². The third-order valence-corrected chi connectivity index (χ3v) is 2.23. The van der Waals surface area contributed by atoms with E-state index in [1.165, 1.54) is 12.3 Å². The summed E-state index contributed by atoms with van der Waals surface area (Å²) in [5.74, 6) is 2.70. The molecule has 1 N–H and O–H groups in total. The number of aromatic nitrogens is 1. The molecule has 1 aromatic rings. The van der Waals surface area contributed by atoms with Crippen molar-refractivity contribution in [2.24, 2.45) is 0 Å². The summed E-state index contributed by atoms with van der Waals surface area (Å²) in [7, 11) is 0. The summed E-state index contributed by atoms with van der Waals surface area (Å²) in [6, 6.07) is 3.02. The summed E-state index contributed by atoms with van der Waals surface area (Å²) in [5, 5.41) is 22.3. The predicted octanol–water partition coefficient (Wildman–Crippen LogP) is 2.08. The first-order valence-electron chi connectivity index (χ1n) is 5.41. The first-order valence-corrected chi connectivity index (χ1v) is 5.41. The molecule has 0 aliphatic heterocycles. The number of nitrogens with zero attached hydrogens (tertiary/aromatic N) is 3. The van der Waals surface area contributed by atoms with Crippen LogP contribution in [0.15, 0.2) is 12.3 Å². The average Bonchev–Trinajstić information content (AvgIpc) is 2.38. The topological polar surface area (TPSA) is 91.8 Å². The molecule has 1 heterocycles. The molecule has 0 fully saturated rings. The van der Waals surface area contributed by atoms with Crippen molar-refractivity contribution in [3.63, 3.8) is 0 Å². The number of terminal acetylenes is 1. The van der Waals surface area contributed by atoms with Crippen LogP contribution in [-0.4, -0.2) is 16.5 Å². The molecule has 0 radical (unpaired) electrons. The number of unbranched alkanes of at least 4 members (excludes halogenated alkanes) is 2. The molecule has 1 aromatic heterocycles. The Morgan fingerprint density at radius 2 is 2.33 bits per heavy atom. The van der Waals surface area contributed by atoms with Crippen LogP contribution in [-0.2, 0) is 0 Å². The molecular weight excluding hydrogens is 232 g/mol. The molecule has 6 heteroatoms. The minimum Gasteiger partial charge on any atom is -0.364 e. The quantitative estimate of drug-likeness (QED) is 0.358. The molecule has 6 nitrogen and oxygen atoms in total. The number of anilines is 1. The first-order chi connectivity index (χ1) is 8.69. The Bertz CT molecular complexity index is 514. The summed E-state index contributed by atoms with van der Waals surface area (Å²) in [6.07, 6.45) is 8.77. The molecule has 0 bridgehead atoms. The van der Waals surface area contributed by atoms with Gasteiger partial charge in [-0.05, 0) is 12.8 Å². The number of pyridine rings is 1. The van der Waals surface area contributed by atoms with E-state index < -0.39 is 4.92 Å². The van der Waals surface area contributed by atoms with Gasteiger partial charge < -0.3 is 5.32 Å². The number of nitrogens with one attached hydrogen (secondary N) is 1. The summed E-state index contributed by atoms with van der Waals surface area (Å²) < 4.78 is 0. The number of hydrogen-bond donors (Lipinski definition) is 1. The zero-order valence-corrected chi connectivity index (χ0v) is 9.72. The maximum absolute atomic E-state index is 10.8. The van der Waals surface area contributed by atoms with Gasteiger partial charge in [0.1, 0.15) is 6.07 Å². The Morgan fingerprint density at radius 1 is 1.56 bits per heavy atom. The lowest BCUT2D eigenvalue weighted by Gasteiger charge is -2.05. The van der Waals surface area contributed by atoms with Gasteiger partial charge in [0.2, 0.25) is 5.82 Å². The molecule has 0 saturated carbocycles. The number of nitriles is 1. The van der Waals surface area contributed by atoms with Crippen molar-refractivity contribution in [1.29, 1.82) is 5.26 Å². The second kappa shape index (κ2) is 6.87. The van der Waals surface area contributed by atoms with Gasteiger partial charge in [-0.25, -0.2) is 4.98 Å². The van der Waals surface area contributed by atoms with Crippen LogP contribution in [0.2, 0.25) is 0 Å². The highest BCUT2D eigenvalue weighted by atomic mass is 16.6. The van der Waals surface area contributed by atoms with Crippen LogP contribution in [0.1, 0.15) is 24.8 Å². The second-order valence-electron chi connectivity index (χ2n) is 3.55. The van der Waals surface area contributed by atoms with Crippen LogP contribution in [0.3, 0.4) is 0 Å². The van der Waals surface area contributed by atoms with Gasteiger partial charge in [-0.1, -0.05) is 0 Å². The smallest absolute Gasteiger partial charge is 0.312 e. The van der Waals surface area contributed by atoms with Crippen molar-refractivity contribution >= 4 is 11.5 Å². The SMILES string of the molecule is C#CCCCCNc1ncc(C#N)cc1[N+](=O)[O-]. The molecule has 0 saturated heterocycles. The van der Waals surface area contributed by atoms with Gasteiger partial charge in [0.15, 0.2) is 0 Å². The van der Waals surface area contributed by atoms with Crippen molar-refractivity contribution in [3.8, 4) is 18.4 Å². The van der Waals surface area contributed by atoms with Gasteiger partial charge in [0.25, 0.3) is 0 Å². The van der Waals surface area contributed by atoms with E-state index >= 15 is 0 Å². The summed E-state index contributed by atoms with van der Waals surface area (Å²) in [4.78, 5) is 14.1. The number of nitro groups is 1. The Balaban J connectivity index is 2.68. The Kier molecular flexibility index (Phi) is 5.14. The van der Waals surface area contributed by atoms with E-state index in [4.69, 9.17) is 11.7 Å². The molecule has 0 aliphatic carbocycles. The van der Waals surface area contributed by atoms with Gasteiger partial charge in [0.05, 0.1) is 10.5 Å². The normalized spacial score (nSPS) is 9.22. The zero-order chi connectivity index (χ0) is 13.4. The fraction of sp³-hybridized carbons (Fsp3) is 0.333. The second-order valence-corrected chi connectivity index (χ2v) is 3.55. The minimum atomic E-state index is -0.558. The van der Waals surface area contributed by atoms with Gasteiger partial charge in [-0.15, -0.1) is 12.3 Å². The molecule has 0 aliphatic rings. The van der Waals surface area contributed by atoms with E-state index in [0.29, 0.717) is 13.0 Å². The van der Waals surface area contributed by atoms with Crippen LogP contribution in [0.25, 0.3) is 0 Å². The molecule has 18 heavy (non-hydrogen) atoms. The van der Waals surface area contributed by atoms with Crippen molar-refractivity contribution in [2.45, 2.75) is 19.3 Å². The van der Waals surface area contributed by atoms with E-state index in [0.717, 1.165) is 12.8 Å². The van der Waals surface area contributed by atoms with Crippen LogP contribution in [0.4, 0.5) is 11.5 Å². The maximum atomic E-state index is 10.8. The third-order valence-electron chi connectivity index (χ3n) is 2.23. The van der Waals surface area contributed by atoms with Crippen LogP contribution in [0, 0.1) is 33.8 Å². The fourth-order valence-corrected chi connectivity index (χ4v) is 1.35.